The second-order valence-electron chi connectivity index (χ2n) is 5.98. The zero-order valence-electron chi connectivity index (χ0n) is 14.8. The van der Waals surface area contributed by atoms with E-state index >= 15 is 0 Å². The number of benzene rings is 1. The number of ether oxygens (including phenoxy) is 2. The van der Waals surface area contributed by atoms with E-state index in [4.69, 9.17) is 15.2 Å². The zero-order valence-corrected chi connectivity index (χ0v) is 14.8. The van der Waals surface area contributed by atoms with Gasteiger partial charge in [0.15, 0.2) is 11.5 Å². The van der Waals surface area contributed by atoms with Gasteiger partial charge in [-0.05, 0) is 45.4 Å². The smallest absolute Gasteiger partial charge is 0.248 e. The van der Waals surface area contributed by atoms with Gasteiger partial charge in [-0.3, -0.25) is 9.69 Å². The van der Waals surface area contributed by atoms with Crippen LogP contribution in [0.15, 0.2) is 24.8 Å². The van der Waals surface area contributed by atoms with Crippen LogP contribution >= 0.6 is 0 Å². The molecule has 0 aliphatic carbocycles. The lowest BCUT2D eigenvalue weighted by atomic mass is 10.1. The van der Waals surface area contributed by atoms with Crippen LogP contribution in [-0.2, 0) is 4.79 Å². The summed E-state index contributed by atoms with van der Waals surface area (Å²) in [5.74, 6) is 0.650. The monoisotopic (exact) mass is 320 g/mol. The Bertz CT molecular complexity index is 545. The van der Waals surface area contributed by atoms with Crippen molar-refractivity contribution in [2.75, 3.05) is 20.3 Å². The average Bonchev–Trinajstić information content (AvgIpc) is 2.49. The maximum atomic E-state index is 11.2. The summed E-state index contributed by atoms with van der Waals surface area (Å²) >= 11 is 0. The van der Waals surface area contributed by atoms with E-state index in [0.29, 0.717) is 35.8 Å². The summed E-state index contributed by atoms with van der Waals surface area (Å²) in [6.07, 6.45) is 0. The lowest BCUT2D eigenvalue weighted by molar-refractivity contribution is -0.112. The molecule has 0 saturated carbocycles. The molecule has 0 bridgehead atoms. The van der Waals surface area contributed by atoms with Gasteiger partial charge in [0.2, 0.25) is 5.91 Å². The maximum Gasteiger partial charge on any atom is 0.248 e. The Morgan fingerprint density at radius 3 is 2.30 bits per heavy atom. The van der Waals surface area contributed by atoms with E-state index in [1.54, 1.807) is 25.3 Å². The highest BCUT2D eigenvalue weighted by Gasteiger charge is 2.14. The minimum Gasteiger partial charge on any atom is -0.493 e. The minimum absolute atomic E-state index is 0.251. The molecule has 0 unspecified atom stereocenters. The van der Waals surface area contributed by atoms with Crippen molar-refractivity contribution in [2.45, 2.75) is 39.8 Å². The number of nitrogens with zero attached hydrogens (tertiary/aromatic N) is 1. The Kier molecular flexibility index (Phi) is 7.10. The molecule has 23 heavy (non-hydrogen) atoms. The molecule has 0 aliphatic rings. The van der Waals surface area contributed by atoms with E-state index in [2.05, 4.69) is 39.2 Å². The van der Waals surface area contributed by atoms with Crippen molar-refractivity contribution in [3.05, 3.63) is 30.3 Å². The van der Waals surface area contributed by atoms with Gasteiger partial charge in [0.1, 0.15) is 6.61 Å². The second kappa shape index (κ2) is 8.58. The summed E-state index contributed by atoms with van der Waals surface area (Å²) in [7, 11) is 1.56. The largest absolute Gasteiger partial charge is 0.493 e. The molecule has 2 N–H and O–H groups in total. The SMILES string of the molecule is C=C(C(N)=O)c1ccc(OCCN(C(C)C)C(C)C)c(OC)c1. The van der Waals surface area contributed by atoms with Gasteiger partial charge in [-0.2, -0.15) is 0 Å². The van der Waals surface area contributed by atoms with Crippen molar-refractivity contribution in [1.82, 2.24) is 4.90 Å². The predicted octanol–water partition coefficient (Wildman–Crippen LogP) is 2.69. The number of rotatable bonds is 9. The fraction of sp³-hybridized carbons (Fsp3) is 0.500. The molecule has 1 amide bonds. The standard InChI is InChI=1S/C18H28N2O3/c1-12(2)20(13(3)4)9-10-23-16-8-7-15(11-17(16)22-6)14(5)18(19)21/h7-8,11-13H,5,9-10H2,1-4,6H3,(H2,19,21). The first-order chi connectivity index (χ1) is 10.8. The highest BCUT2D eigenvalue weighted by molar-refractivity contribution is 6.17. The number of nitrogens with two attached hydrogens (primary N) is 1. The molecule has 0 aliphatic heterocycles. The molecule has 1 aromatic rings. The molecular weight excluding hydrogens is 292 g/mol. The quantitative estimate of drug-likeness (QED) is 0.711. The number of amides is 1. The van der Waals surface area contributed by atoms with E-state index in [0.717, 1.165) is 6.54 Å². The molecule has 0 saturated heterocycles. The topological polar surface area (TPSA) is 64.8 Å². The van der Waals surface area contributed by atoms with E-state index in [1.165, 1.54) is 0 Å². The summed E-state index contributed by atoms with van der Waals surface area (Å²) < 4.78 is 11.2. The van der Waals surface area contributed by atoms with Crippen LogP contribution < -0.4 is 15.2 Å². The van der Waals surface area contributed by atoms with E-state index in [-0.39, 0.29) is 5.57 Å². The van der Waals surface area contributed by atoms with Crippen LogP contribution in [0.4, 0.5) is 0 Å². The van der Waals surface area contributed by atoms with Gasteiger partial charge < -0.3 is 15.2 Å². The van der Waals surface area contributed by atoms with Gasteiger partial charge in [0.25, 0.3) is 0 Å². The number of carbonyl (C=O) groups excluding carboxylic acids is 1. The third-order valence-electron chi connectivity index (χ3n) is 3.74. The predicted molar refractivity (Wildman–Crippen MR) is 93.7 cm³/mol. The van der Waals surface area contributed by atoms with Gasteiger partial charge in [-0.1, -0.05) is 12.6 Å². The Hall–Kier alpha value is -2.01. The molecule has 5 nitrogen and oxygen atoms in total. The first-order valence-corrected chi connectivity index (χ1v) is 7.83. The molecule has 0 spiro atoms. The Labute approximate surface area is 139 Å². The Balaban J connectivity index is 2.77. The molecule has 0 radical (unpaired) electrons. The van der Waals surface area contributed by atoms with Crippen molar-refractivity contribution in [3.8, 4) is 11.5 Å². The molecule has 0 atom stereocenters. The van der Waals surface area contributed by atoms with Crippen molar-refractivity contribution >= 4 is 11.5 Å². The van der Waals surface area contributed by atoms with E-state index in [9.17, 15) is 4.79 Å². The van der Waals surface area contributed by atoms with Crippen LogP contribution in [0.25, 0.3) is 5.57 Å². The summed E-state index contributed by atoms with van der Waals surface area (Å²) in [5.41, 5.74) is 6.13. The van der Waals surface area contributed by atoms with Crippen LogP contribution in [0.3, 0.4) is 0 Å². The van der Waals surface area contributed by atoms with Crippen LogP contribution in [-0.4, -0.2) is 43.2 Å². The van der Waals surface area contributed by atoms with Crippen LogP contribution in [0.2, 0.25) is 0 Å². The third-order valence-corrected chi connectivity index (χ3v) is 3.74. The van der Waals surface area contributed by atoms with E-state index in [1.807, 2.05) is 0 Å². The lowest BCUT2D eigenvalue weighted by Crippen LogP contribution is -2.39. The average molecular weight is 320 g/mol. The van der Waals surface area contributed by atoms with Crippen LogP contribution in [0, 0.1) is 0 Å². The number of hydrogen-bond donors (Lipinski definition) is 1. The zero-order chi connectivity index (χ0) is 17.6. The van der Waals surface area contributed by atoms with Crippen LogP contribution in [0.1, 0.15) is 33.3 Å². The van der Waals surface area contributed by atoms with Crippen molar-refractivity contribution < 1.29 is 14.3 Å². The molecule has 0 aromatic heterocycles. The van der Waals surface area contributed by atoms with Gasteiger partial charge in [0.05, 0.1) is 7.11 Å². The highest BCUT2D eigenvalue weighted by atomic mass is 16.5. The first-order valence-electron chi connectivity index (χ1n) is 7.83. The van der Waals surface area contributed by atoms with Gasteiger partial charge in [0, 0.05) is 24.2 Å². The highest BCUT2D eigenvalue weighted by Crippen LogP contribution is 2.30. The molecule has 0 heterocycles. The van der Waals surface area contributed by atoms with E-state index < -0.39 is 5.91 Å². The molecule has 1 rings (SSSR count). The summed E-state index contributed by atoms with van der Waals surface area (Å²) in [4.78, 5) is 13.6. The Morgan fingerprint density at radius 1 is 1.22 bits per heavy atom. The second-order valence-corrected chi connectivity index (χ2v) is 5.98. The molecule has 1 aromatic carbocycles. The molecule has 128 valence electrons. The number of hydrogen-bond acceptors (Lipinski definition) is 4. The van der Waals surface area contributed by atoms with Gasteiger partial charge in [-0.25, -0.2) is 0 Å². The fourth-order valence-electron chi connectivity index (χ4n) is 2.49. The first kappa shape index (κ1) is 19.0. The van der Waals surface area contributed by atoms with Crippen molar-refractivity contribution in [3.63, 3.8) is 0 Å². The number of methoxy groups -OCH3 is 1. The molecule has 5 heteroatoms. The van der Waals surface area contributed by atoms with Crippen molar-refractivity contribution in [1.29, 1.82) is 0 Å². The molecular formula is C18H28N2O3. The Morgan fingerprint density at radius 2 is 1.83 bits per heavy atom. The minimum atomic E-state index is -0.551. The summed E-state index contributed by atoms with van der Waals surface area (Å²) in [6.45, 7) is 13.7. The van der Waals surface area contributed by atoms with Gasteiger partial charge in [-0.15, -0.1) is 0 Å². The molecule has 0 fully saturated rings. The summed E-state index contributed by atoms with van der Waals surface area (Å²) in [5, 5.41) is 0. The van der Waals surface area contributed by atoms with Gasteiger partial charge >= 0.3 is 0 Å². The number of primary amides is 1. The lowest BCUT2D eigenvalue weighted by Gasteiger charge is -2.30. The normalized spacial score (nSPS) is 11.1. The van der Waals surface area contributed by atoms with Crippen LogP contribution in [0.5, 0.6) is 11.5 Å². The third kappa shape index (κ3) is 5.28. The number of carbonyl (C=O) groups is 1. The summed E-state index contributed by atoms with van der Waals surface area (Å²) in [6, 6.07) is 6.17. The van der Waals surface area contributed by atoms with Crippen molar-refractivity contribution in [2.24, 2.45) is 5.73 Å². The fourth-order valence-corrected chi connectivity index (χ4v) is 2.49. The maximum absolute atomic E-state index is 11.2.